The molecule has 1 unspecified atom stereocenters. The highest BCUT2D eigenvalue weighted by molar-refractivity contribution is 4.73. The lowest BCUT2D eigenvalue weighted by molar-refractivity contribution is -0.0000490. The monoisotopic (exact) mass is 333 g/mol. The van der Waals surface area contributed by atoms with Crippen LogP contribution in [0.3, 0.4) is 0 Å². The molecule has 2 aliphatic rings. The zero-order valence-electron chi connectivity index (χ0n) is 15.2. The standard InChI is InChI=1S/C17H32O.C3H3N3/c1-2-5-9-13-16(12-8-4-1)17-14-10-6-3-7-11-15-18-17;1-2-4-6-5-3-1/h16-17H,1-15H2;1-3H. The molecule has 0 aromatic carbocycles. The molecule has 2 fully saturated rings. The van der Waals surface area contributed by atoms with Crippen molar-refractivity contribution in [1.82, 2.24) is 15.4 Å². The van der Waals surface area contributed by atoms with Crippen molar-refractivity contribution in [1.29, 1.82) is 0 Å². The molecule has 3 rings (SSSR count). The molecule has 0 spiro atoms. The third-order valence-corrected chi connectivity index (χ3v) is 5.30. The van der Waals surface area contributed by atoms with Crippen LogP contribution in [-0.2, 0) is 4.74 Å². The summed E-state index contributed by atoms with van der Waals surface area (Å²) in [6, 6.07) is 1.72. The second-order valence-corrected chi connectivity index (χ2v) is 7.24. The van der Waals surface area contributed by atoms with Crippen molar-refractivity contribution < 1.29 is 4.74 Å². The van der Waals surface area contributed by atoms with Crippen LogP contribution in [-0.4, -0.2) is 28.1 Å². The first kappa shape index (κ1) is 19.3. The maximum Gasteiger partial charge on any atom is 0.0603 e. The van der Waals surface area contributed by atoms with Crippen LogP contribution in [0.5, 0.6) is 0 Å². The van der Waals surface area contributed by atoms with Crippen LogP contribution < -0.4 is 0 Å². The van der Waals surface area contributed by atoms with E-state index < -0.39 is 0 Å². The Morgan fingerprint density at radius 1 is 0.625 bits per heavy atom. The molecule has 4 heteroatoms. The first-order valence-electron chi connectivity index (χ1n) is 10.2. The number of rotatable bonds is 1. The second kappa shape index (κ2) is 13.3. The summed E-state index contributed by atoms with van der Waals surface area (Å²) in [7, 11) is 0. The highest BCUT2D eigenvalue weighted by Crippen LogP contribution is 2.29. The normalized spacial score (nSPS) is 24.8. The SMILES string of the molecule is C1CCCCC(C2CCCCCCCO2)CCC1.c1cnnnc1. The van der Waals surface area contributed by atoms with Crippen molar-refractivity contribution in [3.63, 3.8) is 0 Å². The Balaban J connectivity index is 0.000000292. The zero-order chi connectivity index (χ0) is 16.7. The van der Waals surface area contributed by atoms with E-state index in [0.29, 0.717) is 6.10 Å². The smallest absolute Gasteiger partial charge is 0.0603 e. The lowest BCUT2D eigenvalue weighted by Crippen LogP contribution is -2.24. The Bertz CT molecular complexity index is 319. The molecule has 0 bridgehead atoms. The molecule has 1 saturated heterocycles. The van der Waals surface area contributed by atoms with E-state index in [0.717, 1.165) is 12.5 Å². The maximum absolute atomic E-state index is 6.24. The molecular formula is C20H35N3O. The van der Waals surface area contributed by atoms with E-state index >= 15 is 0 Å². The van der Waals surface area contributed by atoms with Crippen LogP contribution in [0.1, 0.15) is 89.9 Å². The van der Waals surface area contributed by atoms with Crippen LogP contribution in [0.15, 0.2) is 18.5 Å². The van der Waals surface area contributed by atoms with Crippen molar-refractivity contribution in [2.24, 2.45) is 5.92 Å². The van der Waals surface area contributed by atoms with Crippen molar-refractivity contribution in [3.8, 4) is 0 Å². The number of aromatic nitrogens is 3. The molecule has 1 aromatic heterocycles. The molecule has 1 atom stereocenters. The van der Waals surface area contributed by atoms with Gasteiger partial charge in [-0.1, -0.05) is 64.2 Å². The first-order chi connectivity index (χ1) is 12.0. The zero-order valence-corrected chi connectivity index (χ0v) is 15.2. The van der Waals surface area contributed by atoms with Gasteiger partial charge in [0.1, 0.15) is 0 Å². The average molecular weight is 334 g/mol. The van der Waals surface area contributed by atoms with Crippen LogP contribution in [0.25, 0.3) is 0 Å². The van der Waals surface area contributed by atoms with Crippen LogP contribution in [0.2, 0.25) is 0 Å². The molecule has 1 saturated carbocycles. The molecule has 1 aliphatic carbocycles. The number of hydrogen-bond donors (Lipinski definition) is 0. The van der Waals surface area contributed by atoms with Gasteiger partial charge in [-0.15, -0.1) is 10.2 Å². The molecule has 0 amide bonds. The minimum absolute atomic E-state index is 0.598. The minimum atomic E-state index is 0.598. The number of hydrogen-bond acceptors (Lipinski definition) is 4. The lowest BCUT2D eigenvalue weighted by atomic mass is 9.88. The van der Waals surface area contributed by atoms with Crippen LogP contribution in [0.4, 0.5) is 0 Å². The number of nitrogens with zero attached hydrogens (tertiary/aromatic N) is 3. The van der Waals surface area contributed by atoms with Gasteiger partial charge in [0, 0.05) is 6.61 Å². The quantitative estimate of drug-likeness (QED) is 0.695. The predicted octanol–water partition coefficient (Wildman–Crippen LogP) is 5.35. The summed E-state index contributed by atoms with van der Waals surface area (Å²) < 4.78 is 6.24. The van der Waals surface area contributed by atoms with Crippen molar-refractivity contribution >= 4 is 0 Å². The molecular weight excluding hydrogens is 298 g/mol. The third-order valence-electron chi connectivity index (χ3n) is 5.30. The lowest BCUT2D eigenvalue weighted by Gasteiger charge is -2.27. The van der Waals surface area contributed by atoms with E-state index in [2.05, 4.69) is 15.4 Å². The summed E-state index contributed by atoms with van der Waals surface area (Å²) in [6.45, 7) is 1.03. The van der Waals surface area contributed by atoms with E-state index in [-0.39, 0.29) is 0 Å². The Labute approximate surface area is 147 Å². The van der Waals surface area contributed by atoms with Gasteiger partial charge in [-0.05, 0) is 42.9 Å². The molecule has 1 aliphatic heterocycles. The second-order valence-electron chi connectivity index (χ2n) is 7.24. The summed E-state index contributed by atoms with van der Waals surface area (Å²) in [5.41, 5.74) is 0. The Kier molecular flexibility index (Phi) is 10.7. The average Bonchev–Trinajstić information content (AvgIpc) is 2.86. The van der Waals surface area contributed by atoms with E-state index in [9.17, 15) is 0 Å². The fraction of sp³-hybridized carbons (Fsp3) is 0.850. The Hall–Kier alpha value is -1.03. The first-order valence-corrected chi connectivity index (χ1v) is 10.2. The minimum Gasteiger partial charge on any atom is -0.378 e. The van der Waals surface area contributed by atoms with Crippen LogP contribution >= 0.6 is 0 Å². The van der Waals surface area contributed by atoms with Gasteiger partial charge in [0.25, 0.3) is 0 Å². The van der Waals surface area contributed by atoms with Crippen molar-refractivity contribution in [3.05, 3.63) is 18.5 Å². The molecule has 0 radical (unpaired) electrons. The van der Waals surface area contributed by atoms with Crippen molar-refractivity contribution in [2.45, 2.75) is 96.0 Å². The van der Waals surface area contributed by atoms with Crippen LogP contribution in [0, 0.1) is 5.92 Å². The Morgan fingerprint density at radius 2 is 1.17 bits per heavy atom. The van der Waals surface area contributed by atoms with E-state index in [1.54, 1.807) is 18.5 Å². The topological polar surface area (TPSA) is 47.9 Å². The van der Waals surface area contributed by atoms with Gasteiger partial charge in [-0.25, -0.2) is 0 Å². The van der Waals surface area contributed by atoms with Gasteiger partial charge in [-0.2, -0.15) is 0 Å². The molecule has 136 valence electrons. The molecule has 4 nitrogen and oxygen atoms in total. The molecule has 1 aromatic rings. The van der Waals surface area contributed by atoms with Crippen molar-refractivity contribution in [2.75, 3.05) is 6.61 Å². The van der Waals surface area contributed by atoms with E-state index in [4.69, 9.17) is 4.74 Å². The van der Waals surface area contributed by atoms with Gasteiger partial charge in [0.05, 0.1) is 18.5 Å². The highest BCUT2D eigenvalue weighted by Gasteiger charge is 2.22. The predicted molar refractivity (Wildman–Crippen MR) is 97.7 cm³/mol. The molecule has 24 heavy (non-hydrogen) atoms. The number of ether oxygens (including phenoxy) is 1. The van der Waals surface area contributed by atoms with Gasteiger partial charge < -0.3 is 4.74 Å². The van der Waals surface area contributed by atoms with E-state index in [1.165, 1.54) is 89.9 Å². The summed E-state index contributed by atoms with van der Waals surface area (Å²) in [4.78, 5) is 0. The third kappa shape index (κ3) is 8.72. The van der Waals surface area contributed by atoms with Gasteiger partial charge in [0.2, 0.25) is 0 Å². The summed E-state index contributed by atoms with van der Waals surface area (Å²) in [6.07, 6.45) is 23.7. The largest absolute Gasteiger partial charge is 0.378 e. The summed E-state index contributed by atoms with van der Waals surface area (Å²) in [5.74, 6) is 0.876. The van der Waals surface area contributed by atoms with E-state index in [1.807, 2.05) is 0 Å². The molecule has 0 N–H and O–H groups in total. The fourth-order valence-electron chi connectivity index (χ4n) is 3.91. The summed E-state index contributed by atoms with van der Waals surface area (Å²) in [5, 5.41) is 10.1. The molecule has 2 heterocycles. The highest BCUT2D eigenvalue weighted by atomic mass is 16.5. The van der Waals surface area contributed by atoms with Gasteiger partial charge in [-0.3, -0.25) is 0 Å². The van der Waals surface area contributed by atoms with Gasteiger partial charge >= 0.3 is 0 Å². The fourth-order valence-corrected chi connectivity index (χ4v) is 3.91. The maximum atomic E-state index is 6.24. The summed E-state index contributed by atoms with van der Waals surface area (Å²) >= 11 is 0. The van der Waals surface area contributed by atoms with Gasteiger partial charge in [0.15, 0.2) is 0 Å². The Morgan fingerprint density at radius 3 is 1.71 bits per heavy atom.